The number of rotatable bonds is 4. The number of carbonyl (C=O) groups excluding carboxylic acids is 1. The average molecular weight is 369 g/mol. The van der Waals surface area contributed by atoms with Crippen molar-refractivity contribution in [2.45, 2.75) is 73.6 Å². The molecule has 0 radical (unpaired) electrons. The predicted octanol–water partition coefficient (Wildman–Crippen LogP) is 4.93. The van der Waals surface area contributed by atoms with Gasteiger partial charge in [-0.15, -0.1) is 0 Å². The first kappa shape index (κ1) is 29.3. The van der Waals surface area contributed by atoms with Gasteiger partial charge in [0.25, 0.3) is 0 Å². The second kappa shape index (κ2) is 21.6. The molecule has 5 nitrogen and oxygen atoms in total. The van der Waals surface area contributed by atoms with Gasteiger partial charge in [-0.1, -0.05) is 54.4 Å². The van der Waals surface area contributed by atoms with Crippen LogP contribution in [0.5, 0.6) is 0 Å². The van der Waals surface area contributed by atoms with E-state index in [0.717, 1.165) is 49.9 Å². The zero-order valence-corrected chi connectivity index (χ0v) is 18.6. The van der Waals surface area contributed by atoms with E-state index in [0.29, 0.717) is 11.8 Å². The lowest BCUT2D eigenvalue weighted by Gasteiger charge is -2.22. The van der Waals surface area contributed by atoms with Gasteiger partial charge >= 0.3 is 0 Å². The summed E-state index contributed by atoms with van der Waals surface area (Å²) in [7, 11) is 3.73. The second-order valence-electron chi connectivity index (χ2n) is 5.73. The lowest BCUT2D eigenvalue weighted by molar-refractivity contribution is -0.108. The first-order valence-electron chi connectivity index (χ1n) is 10.1. The maximum atomic E-state index is 9.57. The molecule has 0 amide bonds. The number of unbranched alkanes of at least 4 members (excludes halogenated alkanes) is 1. The summed E-state index contributed by atoms with van der Waals surface area (Å²) in [5.41, 5.74) is 1.92. The summed E-state index contributed by atoms with van der Waals surface area (Å²) in [6, 6.07) is 0. The molecule has 5 heteroatoms. The minimum atomic E-state index is 0.454. The van der Waals surface area contributed by atoms with Crippen LogP contribution in [0.4, 0.5) is 0 Å². The molecular formula is C21H44N4O. The molecule has 2 N–H and O–H groups in total. The smallest absolute Gasteiger partial charge is 0.126 e. The van der Waals surface area contributed by atoms with Crippen molar-refractivity contribution in [1.82, 2.24) is 10.2 Å². The third-order valence-corrected chi connectivity index (χ3v) is 3.43. The number of nitrogens with one attached hydrogen (secondary N) is 2. The number of hydrogen-bond donors (Lipinski definition) is 2. The minimum Gasteiger partial charge on any atom is -0.363 e. The molecule has 26 heavy (non-hydrogen) atoms. The molecule has 0 spiro atoms. The van der Waals surface area contributed by atoms with E-state index in [1.54, 1.807) is 4.90 Å². The highest BCUT2D eigenvalue weighted by Gasteiger charge is 2.19. The summed E-state index contributed by atoms with van der Waals surface area (Å²) in [4.78, 5) is 15.3. The van der Waals surface area contributed by atoms with Crippen LogP contribution in [0.15, 0.2) is 16.3 Å². The number of aldehydes is 1. The van der Waals surface area contributed by atoms with Crippen molar-refractivity contribution < 1.29 is 4.79 Å². The Bertz CT molecular complexity index is 383. The molecule has 0 aromatic rings. The fourth-order valence-electron chi connectivity index (χ4n) is 1.57. The molecule has 0 unspecified atom stereocenters. The third-order valence-electron chi connectivity index (χ3n) is 3.43. The molecule has 2 rings (SSSR count). The molecule has 1 fully saturated rings. The van der Waals surface area contributed by atoms with E-state index in [4.69, 9.17) is 5.41 Å². The molecule has 154 valence electrons. The highest BCUT2D eigenvalue weighted by atomic mass is 16.1. The van der Waals surface area contributed by atoms with Crippen molar-refractivity contribution in [3.8, 4) is 0 Å². The summed E-state index contributed by atoms with van der Waals surface area (Å²) in [6.07, 6.45) is 6.82. The maximum absolute atomic E-state index is 9.57. The number of amidine groups is 1. The van der Waals surface area contributed by atoms with Gasteiger partial charge in [-0.2, -0.15) is 0 Å². The summed E-state index contributed by atoms with van der Waals surface area (Å²) >= 11 is 0. The third kappa shape index (κ3) is 16.0. The number of hydrogen-bond acceptors (Lipinski definition) is 4. The Hall–Kier alpha value is -1.49. The van der Waals surface area contributed by atoms with Gasteiger partial charge in [-0.05, 0) is 19.6 Å². The van der Waals surface area contributed by atoms with Crippen LogP contribution < -0.4 is 5.32 Å². The van der Waals surface area contributed by atoms with Crippen LogP contribution in [0.3, 0.4) is 0 Å². The molecule has 1 saturated carbocycles. The van der Waals surface area contributed by atoms with Crippen LogP contribution in [0.25, 0.3) is 0 Å². The first-order valence-corrected chi connectivity index (χ1v) is 10.1. The Balaban J connectivity index is -0.000000335. The fourth-order valence-corrected chi connectivity index (χ4v) is 1.57. The zero-order valence-electron chi connectivity index (χ0n) is 18.6. The monoisotopic (exact) mass is 368 g/mol. The minimum absolute atomic E-state index is 0.454. The molecular weight excluding hydrogens is 324 g/mol. The van der Waals surface area contributed by atoms with Crippen LogP contribution >= 0.6 is 0 Å². The molecule has 0 aromatic heterocycles. The summed E-state index contributed by atoms with van der Waals surface area (Å²) < 4.78 is 0. The molecule has 1 aliphatic carbocycles. The van der Waals surface area contributed by atoms with Crippen LogP contribution in [0, 0.1) is 11.3 Å². The Morgan fingerprint density at radius 1 is 1.23 bits per heavy atom. The van der Waals surface area contributed by atoms with Gasteiger partial charge in [-0.25, -0.2) is 0 Å². The SMILES string of the molecule is C=NC1=C(C(=N)N(C)C)CNCC1.CC.CC.CCCC.O=CC1CC1. The van der Waals surface area contributed by atoms with E-state index < -0.39 is 0 Å². The van der Waals surface area contributed by atoms with Crippen molar-refractivity contribution in [2.75, 3.05) is 27.2 Å². The van der Waals surface area contributed by atoms with Crippen molar-refractivity contribution in [3.05, 3.63) is 11.3 Å². The van der Waals surface area contributed by atoms with Crippen LogP contribution in [0.2, 0.25) is 0 Å². The Morgan fingerprint density at radius 2 is 1.73 bits per heavy atom. The van der Waals surface area contributed by atoms with E-state index in [9.17, 15) is 4.79 Å². The van der Waals surface area contributed by atoms with Crippen LogP contribution in [-0.2, 0) is 4.79 Å². The van der Waals surface area contributed by atoms with E-state index in [1.165, 1.54) is 12.8 Å². The topological polar surface area (TPSA) is 68.6 Å². The highest BCUT2D eigenvalue weighted by molar-refractivity contribution is 5.96. The van der Waals surface area contributed by atoms with Crippen molar-refractivity contribution in [3.63, 3.8) is 0 Å². The van der Waals surface area contributed by atoms with Crippen molar-refractivity contribution >= 4 is 18.8 Å². The van der Waals surface area contributed by atoms with Gasteiger partial charge in [0.1, 0.15) is 12.1 Å². The standard InChI is InChI=1S/C9H16N4.C4H6O.C4H10.2C2H6/c1-11-8-4-5-12-6-7(8)9(10)13(2)3;5-3-4-1-2-4;1-3-4-2;2*1-2/h10,12H,1,4-6H2,2-3H3;3-4H,1-2H2;3-4H2,1-2H3;2*1-2H3. The molecule has 2 aliphatic rings. The van der Waals surface area contributed by atoms with Gasteiger partial charge in [0.15, 0.2) is 0 Å². The van der Waals surface area contributed by atoms with Gasteiger partial charge in [0, 0.05) is 50.8 Å². The summed E-state index contributed by atoms with van der Waals surface area (Å²) in [6.45, 7) is 17.5. The van der Waals surface area contributed by atoms with Gasteiger partial charge in [-0.3, -0.25) is 10.4 Å². The lowest BCUT2D eigenvalue weighted by Crippen LogP contribution is -2.33. The van der Waals surface area contributed by atoms with Gasteiger partial charge in [0.2, 0.25) is 0 Å². The molecule has 0 aromatic carbocycles. The van der Waals surface area contributed by atoms with Crippen molar-refractivity contribution in [1.29, 1.82) is 5.41 Å². The van der Waals surface area contributed by atoms with E-state index in [1.807, 2.05) is 41.8 Å². The molecule has 0 saturated heterocycles. The first-order chi connectivity index (χ1) is 12.5. The quantitative estimate of drug-likeness (QED) is 0.420. The summed E-state index contributed by atoms with van der Waals surface area (Å²) in [5, 5.41) is 11.0. The normalized spacial score (nSPS) is 14.5. The lowest BCUT2D eigenvalue weighted by atomic mass is 10.1. The predicted molar refractivity (Wildman–Crippen MR) is 118 cm³/mol. The summed E-state index contributed by atoms with van der Waals surface area (Å²) in [5.74, 6) is 0.976. The van der Waals surface area contributed by atoms with E-state index in [2.05, 4.69) is 30.9 Å². The second-order valence-corrected chi connectivity index (χ2v) is 5.73. The van der Waals surface area contributed by atoms with Gasteiger partial charge in [0.05, 0.1) is 0 Å². The molecule has 1 aliphatic heterocycles. The zero-order chi connectivity index (χ0) is 21.0. The van der Waals surface area contributed by atoms with E-state index >= 15 is 0 Å². The number of aliphatic imine (C=N–C) groups is 1. The van der Waals surface area contributed by atoms with Crippen LogP contribution in [-0.4, -0.2) is 50.9 Å². The number of likely N-dealkylation sites (N-methyl/N-ethyl adjacent to an activating group) is 1. The molecule has 1 heterocycles. The number of carbonyl (C=O) groups is 1. The number of nitrogens with zero attached hydrogens (tertiary/aromatic N) is 2. The Morgan fingerprint density at radius 3 is 2.00 bits per heavy atom. The fraction of sp³-hybridized carbons (Fsp3) is 0.762. The van der Waals surface area contributed by atoms with Gasteiger partial charge < -0.3 is 15.0 Å². The average Bonchev–Trinajstić information content (AvgIpc) is 3.55. The Labute approximate surface area is 162 Å². The highest BCUT2D eigenvalue weighted by Crippen LogP contribution is 2.25. The van der Waals surface area contributed by atoms with E-state index in [-0.39, 0.29) is 0 Å². The Kier molecular flexibility index (Phi) is 24.3. The molecule has 0 atom stereocenters. The maximum Gasteiger partial charge on any atom is 0.126 e. The molecule has 0 bridgehead atoms. The van der Waals surface area contributed by atoms with Crippen LogP contribution in [0.1, 0.15) is 73.6 Å². The van der Waals surface area contributed by atoms with Crippen molar-refractivity contribution in [2.24, 2.45) is 10.9 Å². The largest absolute Gasteiger partial charge is 0.363 e.